The van der Waals surface area contributed by atoms with Crippen LogP contribution in [0.3, 0.4) is 0 Å². The Morgan fingerprint density at radius 2 is 2.00 bits per heavy atom. The SMILES string of the molecule is COCCCOc1cccc(CN=C(N)NC2CCCCCC2)c1. The molecule has 5 nitrogen and oxygen atoms in total. The Balaban J connectivity index is 1.79. The van der Waals surface area contributed by atoms with Crippen LogP contribution in [0.25, 0.3) is 0 Å². The van der Waals surface area contributed by atoms with Gasteiger partial charge in [-0.25, -0.2) is 4.99 Å². The minimum Gasteiger partial charge on any atom is -0.493 e. The van der Waals surface area contributed by atoms with E-state index in [0.29, 0.717) is 31.8 Å². The predicted octanol–water partition coefficient (Wildman–Crippen LogP) is 3.23. The highest BCUT2D eigenvalue weighted by atomic mass is 16.5. The molecule has 5 heteroatoms. The van der Waals surface area contributed by atoms with Gasteiger partial charge < -0.3 is 20.5 Å². The molecule has 0 unspecified atom stereocenters. The van der Waals surface area contributed by atoms with Gasteiger partial charge in [-0.2, -0.15) is 0 Å². The van der Waals surface area contributed by atoms with E-state index in [1.165, 1.54) is 38.5 Å². The van der Waals surface area contributed by atoms with E-state index < -0.39 is 0 Å². The summed E-state index contributed by atoms with van der Waals surface area (Å²) in [4.78, 5) is 4.48. The molecule has 0 atom stereocenters. The number of hydrogen-bond acceptors (Lipinski definition) is 3. The van der Waals surface area contributed by atoms with Gasteiger partial charge in [0.25, 0.3) is 0 Å². The van der Waals surface area contributed by atoms with Crippen molar-refractivity contribution in [2.24, 2.45) is 10.7 Å². The summed E-state index contributed by atoms with van der Waals surface area (Å²) in [5.74, 6) is 1.42. The summed E-state index contributed by atoms with van der Waals surface area (Å²) < 4.78 is 10.7. The molecular formula is C19H31N3O2. The average Bonchev–Trinajstić information content (AvgIpc) is 2.86. The molecular weight excluding hydrogens is 302 g/mol. The van der Waals surface area contributed by atoms with Crippen LogP contribution in [0.5, 0.6) is 5.75 Å². The molecule has 0 spiro atoms. The maximum Gasteiger partial charge on any atom is 0.189 e. The third kappa shape index (κ3) is 7.21. The highest BCUT2D eigenvalue weighted by Crippen LogP contribution is 2.17. The van der Waals surface area contributed by atoms with Gasteiger partial charge in [-0.15, -0.1) is 0 Å². The quantitative estimate of drug-likeness (QED) is 0.332. The van der Waals surface area contributed by atoms with Gasteiger partial charge in [-0.05, 0) is 30.5 Å². The van der Waals surface area contributed by atoms with Gasteiger partial charge in [-0.1, -0.05) is 37.8 Å². The lowest BCUT2D eigenvalue weighted by molar-refractivity contribution is 0.172. The van der Waals surface area contributed by atoms with Gasteiger partial charge in [0.1, 0.15) is 5.75 Å². The van der Waals surface area contributed by atoms with Crippen molar-refractivity contribution in [1.29, 1.82) is 0 Å². The molecule has 0 radical (unpaired) electrons. The van der Waals surface area contributed by atoms with E-state index >= 15 is 0 Å². The molecule has 1 aliphatic carbocycles. The van der Waals surface area contributed by atoms with E-state index in [9.17, 15) is 0 Å². The largest absolute Gasteiger partial charge is 0.493 e. The van der Waals surface area contributed by atoms with E-state index in [2.05, 4.69) is 10.3 Å². The normalized spacial score (nSPS) is 16.6. The fourth-order valence-electron chi connectivity index (χ4n) is 2.98. The highest BCUT2D eigenvalue weighted by molar-refractivity contribution is 5.78. The smallest absolute Gasteiger partial charge is 0.189 e. The number of nitrogens with zero attached hydrogens (tertiary/aromatic N) is 1. The monoisotopic (exact) mass is 333 g/mol. The summed E-state index contributed by atoms with van der Waals surface area (Å²) in [5.41, 5.74) is 7.15. The van der Waals surface area contributed by atoms with E-state index in [1.54, 1.807) is 7.11 Å². The number of guanidine groups is 1. The zero-order valence-electron chi connectivity index (χ0n) is 14.8. The minimum atomic E-state index is 0.478. The van der Waals surface area contributed by atoms with Gasteiger partial charge in [0.15, 0.2) is 5.96 Å². The molecule has 0 saturated heterocycles. The fourth-order valence-corrected chi connectivity index (χ4v) is 2.98. The third-order valence-electron chi connectivity index (χ3n) is 4.30. The summed E-state index contributed by atoms with van der Waals surface area (Å²) in [6.45, 7) is 1.94. The molecule has 24 heavy (non-hydrogen) atoms. The van der Waals surface area contributed by atoms with E-state index in [0.717, 1.165) is 17.7 Å². The predicted molar refractivity (Wildman–Crippen MR) is 98.4 cm³/mol. The molecule has 1 aromatic rings. The topological polar surface area (TPSA) is 68.9 Å². The van der Waals surface area contributed by atoms with Crippen molar-refractivity contribution >= 4 is 5.96 Å². The van der Waals surface area contributed by atoms with E-state index in [-0.39, 0.29) is 0 Å². The molecule has 3 N–H and O–H groups in total. The van der Waals surface area contributed by atoms with Crippen LogP contribution in [0.1, 0.15) is 50.5 Å². The lowest BCUT2D eigenvalue weighted by Crippen LogP contribution is -2.39. The van der Waals surface area contributed by atoms with Crippen molar-refractivity contribution in [3.8, 4) is 5.75 Å². The summed E-state index contributed by atoms with van der Waals surface area (Å²) in [6, 6.07) is 8.50. The molecule has 1 saturated carbocycles. The van der Waals surface area contributed by atoms with Gasteiger partial charge in [0, 0.05) is 26.2 Å². The lowest BCUT2D eigenvalue weighted by Gasteiger charge is -2.16. The first-order valence-electron chi connectivity index (χ1n) is 9.05. The molecule has 134 valence electrons. The Hall–Kier alpha value is -1.75. The Bertz CT molecular complexity index is 497. The molecule has 0 aliphatic heterocycles. The summed E-state index contributed by atoms with van der Waals surface area (Å²) in [7, 11) is 1.70. The molecule has 1 aromatic carbocycles. The van der Waals surface area contributed by atoms with Crippen LogP contribution in [-0.4, -0.2) is 32.3 Å². The first kappa shape index (κ1) is 18.6. The van der Waals surface area contributed by atoms with E-state index in [4.69, 9.17) is 15.2 Å². The Labute approximate surface area is 145 Å². The summed E-state index contributed by atoms with van der Waals surface area (Å²) >= 11 is 0. The maximum atomic E-state index is 6.05. The van der Waals surface area contributed by atoms with Crippen LogP contribution in [0, 0.1) is 0 Å². The second-order valence-corrected chi connectivity index (χ2v) is 6.38. The van der Waals surface area contributed by atoms with Crippen molar-refractivity contribution < 1.29 is 9.47 Å². The summed E-state index contributed by atoms with van der Waals surface area (Å²) in [6.07, 6.45) is 8.53. The number of methoxy groups -OCH3 is 1. The van der Waals surface area contributed by atoms with Crippen LogP contribution < -0.4 is 15.8 Å². The van der Waals surface area contributed by atoms with E-state index in [1.807, 2.05) is 24.3 Å². The lowest BCUT2D eigenvalue weighted by atomic mass is 10.1. The number of aliphatic imine (C=N–C) groups is 1. The van der Waals surface area contributed by atoms with Gasteiger partial charge in [-0.3, -0.25) is 0 Å². The van der Waals surface area contributed by atoms with Gasteiger partial charge in [0.05, 0.1) is 13.2 Å². The number of hydrogen-bond donors (Lipinski definition) is 2. The second kappa shape index (κ2) is 10.9. The molecule has 0 aromatic heterocycles. The number of rotatable bonds is 8. The Morgan fingerprint density at radius 3 is 2.75 bits per heavy atom. The van der Waals surface area contributed by atoms with Crippen molar-refractivity contribution in [3.05, 3.63) is 29.8 Å². The number of ether oxygens (including phenoxy) is 2. The van der Waals surface area contributed by atoms with Crippen LogP contribution in [-0.2, 0) is 11.3 Å². The van der Waals surface area contributed by atoms with Crippen molar-refractivity contribution in [2.75, 3.05) is 20.3 Å². The maximum absolute atomic E-state index is 6.05. The number of nitrogens with one attached hydrogen (secondary N) is 1. The number of nitrogens with two attached hydrogens (primary N) is 1. The van der Waals surface area contributed by atoms with Gasteiger partial charge >= 0.3 is 0 Å². The molecule has 1 aliphatic rings. The number of benzene rings is 1. The van der Waals surface area contributed by atoms with Crippen LogP contribution in [0.2, 0.25) is 0 Å². The molecule has 0 amide bonds. The Morgan fingerprint density at radius 1 is 1.21 bits per heavy atom. The minimum absolute atomic E-state index is 0.478. The second-order valence-electron chi connectivity index (χ2n) is 6.38. The molecule has 1 fully saturated rings. The van der Waals surface area contributed by atoms with Crippen molar-refractivity contribution in [1.82, 2.24) is 5.32 Å². The highest BCUT2D eigenvalue weighted by Gasteiger charge is 2.12. The first-order valence-corrected chi connectivity index (χ1v) is 9.05. The Kier molecular flexibility index (Phi) is 8.46. The van der Waals surface area contributed by atoms with Crippen molar-refractivity contribution in [2.45, 2.75) is 57.5 Å². The zero-order valence-corrected chi connectivity index (χ0v) is 14.8. The summed E-state index contributed by atoms with van der Waals surface area (Å²) in [5, 5.41) is 3.37. The van der Waals surface area contributed by atoms with Crippen molar-refractivity contribution in [3.63, 3.8) is 0 Å². The first-order chi connectivity index (χ1) is 11.8. The molecule has 0 bridgehead atoms. The molecule has 0 heterocycles. The molecule has 2 rings (SSSR count). The van der Waals surface area contributed by atoms with Crippen LogP contribution in [0.4, 0.5) is 0 Å². The zero-order chi connectivity index (χ0) is 17.0. The average molecular weight is 333 g/mol. The fraction of sp³-hybridized carbons (Fsp3) is 0.632. The van der Waals surface area contributed by atoms with Crippen LogP contribution in [0.15, 0.2) is 29.3 Å². The van der Waals surface area contributed by atoms with Crippen LogP contribution >= 0.6 is 0 Å². The van der Waals surface area contributed by atoms with Gasteiger partial charge in [0.2, 0.25) is 0 Å². The third-order valence-corrected chi connectivity index (χ3v) is 4.30. The standard InChI is InChI=1S/C19H31N3O2/c1-23-12-7-13-24-18-11-6-8-16(14-18)15-21-19(20)22-17-9-4-2-3-5-10-17/h6,8,11,14,17H,2-5,7,9-10,12-13,15H2,1H3,(H3,20,21,22).